The largest absolute Gasteiger partial charge is 0.391 e. The summed E-state index contributed by atoms with van der Waals surface area (Å²) >= 11 is 0. The van der Waals surface area contributed by atoms with E-state index in [-0.39, 0.29) is 0 Å². The molecule has 0 aliphatic rings. The van der Waals surface area contributed by atoms with E-state index in [9.17, 15) is 14.7 Å². The Morgan fingerprint density at radius 2 is 1.79 bits per heavy atom. The minimum Gasteiger partial charge on any atom is -0.391 e. The summed E-state index contributed by atoms with van der Waals surface area (Å²) in [4.78, 5) is 23.8. The van der Waals surface area contributed by atoms with E-state index in [2.05, 4.69) is 22.5 Å². The van der Waals surface area contributed by atoms with Crippen molar-refractivity contribution in [2.75, 3.05) is 18.4 Å². The van der Waals surface area contributed by atoms with Crippen LogP contribution >= 0.6 is 0 Å². The van der Waals surface area contributed by atoms with Gasteiger partial charge in [-0.05, 0) is 49.4 Å². The smallest absolute Gasteiger partial charge is 0.268 e. The van der Waals surface area contributed by atoms with Crippen molar-refractivity contribution < 1.29 is 19.9 Å². The molecule has 2 unspecified atom stereocenters. The summed E-state index contributed by atoms with van der Waals surface area (Å²) in [5.74, 6) is 4.62. The minimum absolute atomic E-state index is 0.292. The molecule has 2 atom stereocenters. The fourth-order valence-corrected chi connectivity index (χ4v) is 2.47. The van der Waals surface area contributed by atoms with E-state index < -0.39 is 24.0 Å². The molecule has 8 nitrogen and oxygen atoms in total. The molecule has 0 radical (unpaired) electrons. The molecule has 2 rings (SSSR count). The molecular formula is C21H24N4O4. The number of nitrogens with two attached hydrogens (primary N) is 1. The lowest BCUT2D eigenvalue weighted by atomic mass is 10.1. The molecule has 0 saturated heterocycles. The predicted molar refractivity (Wildman–Crippen MR) is 109 cm³/mol. The molecular weight excluding hydrogens is 372 g/mol. The molecule has 2 aromatic carbocycles. The molecule has 0 saturated carbocycles. The number of hydroxylamine groups is 1. The number of carbonyl (C=O) groups is 2. The third-order valence-corrected chi connectivity index (χ3v) is 4.00. The standard InChI is InChI=1S/C21H24N4O4/c1-14(26)19(21(28)25-29)24-20(27)17-9-7-15(8-10-17)5-6-16-3-2-4-18(13-16)23-12-11-22/h2-4,7-10,13-14,19,23,26,29H,11-12,22H2,1H3,(H,24,27)(H,25,28). The van der Waals surface area contributed by atoms with Crippen LogP contribution in [0.25, 0.3) is 0 Å². The summed E-state index contributed by atoms with van der Waals surface area (Å²) in [7, 11) is 0. The number of aliphatic hydroxyl groups excluding tert-OH is 1. The average molecular weight is 396 g/mol. The number of hydrogen-bond donors (Lipinski definition) is 6. The van der Waals surface area contributed by atoms with Gasteiger partial charge in [0.1, 0.15) is 6.04 Å². The topological polar surface area (TPSA) is 137 Å². The first-order valence-corrected chi connectivity index (χ1v) is 9.03. The van der Waals surface area contributed by atoms with Gasteiger partial charge < -0.3 is 21.5 Å². The van der Waals surface area contributed by atoms with Gasteiger partial charge in [0.2, 0.25) is 0 Å². The third kappa shape index (κ3) is 6.62. The summed E-state index contributed by atoms with van der Waals surface area (Å²) in [6, 6.07) is 12.9. The minimum atomic E-state index is -1.27. The fraction of sp³-hybridized carbons (Fsp3) is 0.238. The van der Waals surface area contributed by atoms with Gasteiger partial charge in [-0.1, -0.05) is 17.9 Å². The molecule has 0 spiro atoms. The number of amides is 2. The molecule has 152 valence electrons. The van der Waals surface area contributed by atoms with Gasteiger partial charge in [0.05, 0.1) is 6.10 Å². The predicted octanol–water partition coefficient (Wildman–Crippen LogP) is 0.442. The Morgan fingerprint density at radius 1 is 1.10 bits per heavy atom. The maximum Gasteiger partial charge on any atom is 0.268 e. The second-order valence-electron chi connectivity index (χ2n) is 6.29. The number of rotatable bonds is 7. The van der Waals surface area contributed by atoms with Gasteiger partial charge in [0.15, 0.2) is 0 Å². The van der Waals surface area contributed by atoms with Crippen LogP contribution in [0.15, 0.2) is 48.5 Å². The van der Waals surface area contributed by atoms with Gasteiger partial charge in [-0.3, -0.25) is 14.8 Å². The first-order valence-electron chi connectivity index (χ1n) is 9.03. The highest BCUT2D eigenvalue weighted by Gasteiger charge is 2.25. The number of anilines is 1. The Bertz CT molecular complexity index is 901. The second-order valence-corrected chi connectivity index (χ2v) is 6.29. The molecule has 29 heavy (non-hydrogen) atoms. The average Bonchev–Trinajstić information content (AvgIpc) is 2.74. The Hall–Kier alpha value is -3.38. The van der Waals surface area contributed by atoms with E-state index in [4.69, 9.17) is 10.9 Å². The first-order chi connectivity index (χ1) is 13.9. The lowest BCUT2D eigenvalue weighted by Gasteiger charge is -2.19. The number of hydrogen-bond acceptors (Lipinski definition) is 6. The van der Waals surface area contributed by atoms with Gasteiger partial charge in [-0.25, -0.2) is 5.48 Å². The van der Waals surface area contributed by atoms with Crippen LogP contribution in [-0.4, -0.2) is 47.4 Å². The van der Waals surface area contributed by atoms with Crippen molar-refractivity contribution in [3.05, 3.63) is 65.2 Å². The Labute approximate surface area is 169 Å². The first kappa shape index (κ1) is 21.9. The Kier molecular flexibility index (Phi) is 8.18. The van der Waals surface area contributed by atoms with Crippen LogP contribution in [0, 0.1) is 11.8 Å². The highest BCUT2D eigenvalue weighted by atomic mass is 16.5. The number of aliphatic hydroxyl groups is 1. The molecule has 8 heteroatoms. The van der Waals surface area contributed by atoms with Crippen molar-refractivity contribution in [1.29, 1.82) is 0 Å². The zero-order valence-electron chi connectivity index (χ0n) is 16.0. The van der Waals surface area contributed by atoms with E-state index in [0.29, 0.717) is 24.2 Å². The number of carbonyl (C=O) groups excluding carboxylic acids is 2. The highest BCUT2D eigenvalue weighted by molar-refractivity contribution is 5.97. The Balaban J connectivity index is 2.06. The summed E-state index contributed by atoms with van der Waals surface area (Å²) in [5.41, 5.74) is 9.68. The SMILES string of the molecule is CC(O)C(NC(=O)c1ccc(C#Cc2cccc(NCCN)c2)cc1)C(=O)NO. The van der Waals surface area contributed by atoms with E-state index in [1.807, 2.05) is 24.3 Å². The van der Waals surface area contributed by atoms with Crippen LogP contribution in [-0.2, 0) is 4.79 Å². The molecule has 0 aliphatic heterocycles. The van der Waals surface area contributed by atoms with Crippen molar-refractivity contribution in [2.45, 2.75) is 19.1 Å². The number of benzene rings is 2. The van der Waals surface area contributed by atoms with Crippen LogP contribution in [0.1, 0.15) is 28.4 Å². The van der Waals surface area contributed by atoms with Crippen molar-refractivity contribution >= 4 is 17.5 Å². The molecule has 0 aliphatic carbocycles. The maximum absolute atomic E-state index is 12.3. The van der Waals surface area contributed by atoms with Crippen molar-refractivity contribution in [1.82, 2.24) is 10.8 Å². The third-order valence-electron chi connectivity index (χ3n) is 4.00. The van der Waals surface area contributed by atoms with Crippen molar-refractivity contribution in [3.8, 4) is 11.8 Å². The maximum atomic E-state index is 12.3. The fourth-order valence-electron chi connectivity index (χ4n) is 2.47. The molecule has 2 aromatic rings. The summed E-state index contributed by atoms with van der Waals surface area (Å²) in [6.45, 7) is 2.55. The van der Waals surface area contributed by atoms with Gasteiger partial charge in [-0.2, -0.15) is 0 Å². The zero-order valence-corrected chi connectivity index (χ0v) is 16.0. The summed E-state index contributed by atoms with van der Waals surface area (Å²) in [5, 5.41) is 23.8. The summed E-state index contributed by atoms with van der Waals surface area (Å²) < 4.78 is 0. The van der Waals surface area contributed by atoms with Gasteiger partial charge in [0.25, 0.3) is 11.8 Å². The normalized spacial score (nSPS) is 12.1. The Morgan fingerprint density at radius 3 is 2.41 bits per heavy atom. The monoisotopic (exact) mass is 396 g/mol. The van der Waals surface area contributed by atoms with Crippen molar-refractivity contribution in [2.24, 2.45) is 5.73 Å². The lowest BCUT2D eigenvalue weighted by molar-refractivity contribution is -0.133. The molecule has 2 amide bonds. The van der Waals surface area contributed by atoms with Crippen LogP contribution in [0.3, 0.4) is 0 Å². The van der Waals surface area contributed by atoms with Crippen LogP contribution in [0.4, 0.5) is 5.69 Å². The van der Waals surface area contributed by atoms with Crippen LogP contribution < -0.4 is 21.8 Å². The highest BCUT2D eigenvalue weighted by Crippen LogP contribution is 2.10. The van der Waals surface area contributed by atoms with Gasteiger partial charge >= 0.3 is 0 Å². The molecule has 7 N–H and O–H groups in total. The van der Waals surface area contributed by atoms with E-state index in [1.54, 1.807) is 24.3 Å². The molecule has 0 bridgehead atoms. The molecule has 0 heterocycles. The van der Waals surface area contributed by atoms with Crippen LogP contribution in [0.5, 0.6) is 0 Å². The van der Waals surface area contributed by atoms with Gasteiger partial charge in [0, 0.05) is 35.5 Å². The van der Waals surface area contributed by atoms with E-state index >= 15 is 0 Å². The number of nitrogens with one attached hydrogen (secondary N) is 3. The van der Waals surface area contributed by atoms with Crippen molar-refractivity contribution in [3.63, 3.8) is 0 Å². The van der Waals surface area contributed by atoms with E-state index in [1.165, 1.54) is 12.4 Å². The zero-order chi connectivity index (χ0) is 21.2. The van der Waals surface area contributed by atoms with E-state index in [0.717, 1.165) is 11.3 Å². The van der Waals surface area contributed by atoms with Gasteiger partial charge in [-0.15, -0.1) is 0 Å². The quantitative estimate of drug-likeness (QED) is 0.228. The molecule has 0 fully saturated rings. The summed E-state index contributed by atoms with van der Waals surface area (Å²) in [6.07, 6.45) is -1.17. The van der Waals surface area contributed by atoms with Crippen LogP contribution in [0.2, 0.25) is 0 Å². The lowest BCUT2D eigenvalue weighted by Crippen LogP contribution is -2.51. The molecule has 0 aromatic heterocycles. The second kappa shape index (κ2) is 10.8.